The van der Waals surface area contributed by atoms with E-state index >= 15 is 0 Å². The van der Waals surface area contributed by atoms with E-state index in [0.29, 0.717) is 19.3 Å². The van der Waals surface area contributed by atoms with Crippen molar-refractivity contribution in [3.05, 3.63) is 68.8 Å². The second kappa shape index (κ2) is 6.12. The highest BCUT2D eigenvalue weighted by atomic mass is 16.6. The first-order chi connectivity index (χ1) is 12.6. The van der Waals surface area contributed by atoms with Crippen molar-refractivity contribution in [1.82, 2.24) is 0 Å². The molecule has 1 N–H and O–H groups in total. The van der Waals surface area contributed by atoms with Crippen molar-refractivity contribution < 1.29 is 9.72 Å². The minimum Gasteiger partial charge on any atom is -0.325 e. The van der Waals surface area contributed by atoms with Gasteiger partial charge in [0.1, 0.15) is 0 Å². The Morgan fingerprint density at radius 3 is 2.69 bits per heavy atom. The van der Waals surface area contributed by atoms with Gasteiger partial charge in [-0.15, -0.1) is 0 Å². The van der Waals surface area contributed by atoms with Gasteiger partial charge in [-0.1, -0.05) is 12.1 Å². The highest BCUT2D eigenvalue weighted by molar-refractivity contribution is 6.12. The van der Waals surface area contributed by atoms with Crippen LogP contribution in [0.3, 0.4) is 0 Å². The van der Waals surface area contributed by atoms with Crippen LogP contribution >= 0.6 is 0 Å². The number of hydrogen-bond acceptors (Lipinski definition) is 4. The minimum absolute atomic E-state index is 0.0325. The average molecular weight is 345 g/mol. The average Bonchev–Trinajstić information content (AvgIpc) is 2.91. The number of nitrogens with one attached hydrogen (secondary N) is 1. The SMILES string of the molecule is N#CCCc1ccc2c(c1)C1=C(CC(=O)N2)c2cc([N+](=O)[O-])ccc2C1. The predicted octanol–water partition coefficient (Wildman–Crippen LogP) is 3.86. The van der Waals surface area contributed by atoms with Gasteiger partial charge < -0.3 is 5.32 Å². The number of allylic oxidation sites excluding steroid dienone is 1. The summed E-state index contributed by atoms with van der Waals surface area (Å²) < 4.78 is 0. The molecule has 0 unspecified atom stereocenters. The second-order valence-corrected chi connectivity index (χ2v) is 6.50. The lowest BCUT2D eigenvalue weighted by Gasteiger charge is -2.11. The first-order valence-electron chi connectivity index (χ1n) is 8.36. The van der Waals surface area contributed by atoms with Crippen LogP contribution in [-0.4, -0.2) is 10.8 Å². The van der Waals surface area contributed by atoms with Crippen LogP contribution in [0.1, 0.15) is 35.1 Å². The van der Waals surface area contributed by atoms with E-state index in [2.05, 4.69) is 11.4 Å². The molecule has 1 aliphatic carbocycles. The lowest BCUT2D eigenvalue weighted by molar-refractivity contribution is -0.384. The Labute approximate surface area is 149 Å². The summed E-state index contributed by atoms with van der Waals surface area (Å²) in [4.78, 5) is 23.1. The maximum atomic E-state index is 12.4. The fourth-order valence-electron chi connectivity index (χ4n) is 3.69. The monoisotopic (exact) mass is 345 g/mol. The molecule has 0 fully saturated rings. The summed E-state index contributed by atoms with van der Waals surface area (Å²) in [7, 11) is 0. The third-order valence-corrected chi connectivity index (χ3v) is 4.91. The number of hydrogen-bond donors (Lipinski definition) is 1. The summed E-state index contributed by atoms with van der Waals surface area (Å²) in [5, 5.41) is 22.9. The number of nitro groups is 1. The summed E-state index contributed by atoms with van der Waals surface area (Å²) in [5.74, 6) is -0.125. The number of benzene rings is 2. The molecule has 1 aliphatic heterocycles. The van der Waals surface area contributed by atoms with Crippen LogP contribution in [0.25, 0.3) is 11.1 Å². The van der Waals surface area contributed by atoms with Gasteiger partial charge in [0.25, 0.3) is 5.69 Å². The highest BCUT2D eigenvalue weighted by Gasteiger charge is 2.30. The lowest BCUT2D eigenvalue weighted by Crippen LogP contribution is -2.11. The normalized spacial score (nSPS) is 14.7. The number of rotatable bonds is 3. The Balaban J connectivity index is 1.85. The summed E-state index contributed by atoms with van der Waals surface area (Å²) in [6.45, 7) is 0. The minimum atomic E-state index is -0.413. The molecular weight excluding hydrogens is 330 g/mol. The largest absolute Gasteiger partial charge is 0.325 e. The summed E-state index contributed by atoms with van der Waals surface area (Å²) in [5.41, 5.74) is 6.46. The first kappa shape index (κ1) is 16.0. The molecule has 0 bridgehead atoms. The van der Waals surface area contributed by atoms with Crippen LogP contribution in [0.4, 0.5) is 11.4 Å². The maximum Gasteiger partial charge on any atom is 0.270 e. The number of nitro benzene ring substituents is 1. The molecule has 2 aromatic rings. The molecule has 4 rings (SSSR count). The topological polar surface area (TPSA) is 96.0 Å². The van der Waals surface area contributed by atoms with E-state index in [0.717, 1.165) is 39.1 Å². The number of fused-ring (bicyclic) bond motifs is 4. The molecule has 6 heteroatoms. The van der Waals surface area contributed by atoms with E-state index in [1.54, 1.807) is 12.1 Å². The van der Waals surface area contributed by atoms with Crippen LogP contribution in [0.5, 0.6) is 0 Å². The van der Waals surface area contributed by atoms with Crippen LogP contribution < -0.4 is 5.32 Å². The van der Waals surface area contributed by atoms with Gasteiger partial charge in [0.2, 0.25) is 5.91 Å². The van der Waals surface area contributed by atoms with Crippen molar-refractivity contribution in [3.8, 4) is 6.07 Å². The molecule has 0 spiro atoms. The zero-order valence-corrected chi connectivity index (χ0v) is 13.9. The third-order valence-electron chi connectivity index (χ3n) is 4.91. The zero-order chi connectivity index (χ0) is 18.3. The number of carbonyl (C=O) groups excluding carboxylic acids is 1. The molecule has 1 amide bonds. The van der Waals surface area contributed by atoms with Crippen molar-refractivity contribution in [1.29, 1.82) is 5.26 Å². The van der Waals surface area contributed by atoms with Crippen LogP contribution in [0, 0.1) is 21.4 Å². The van der Waals surface area contributed by atoms with Crippen molar-refractivity contribution in [3.63, 3.8) is 0 Å². The van der Waals surface area contributed by atoms with Gasteiger partial charge >= 0.3 is 0 Å². The Morgan fingerprint density at radius 1 is 1.12 bits per heavy atom. The van der Waals surface area contributed by atoms with Gasteiger partial charge in [0.05, 0.1) is 17.4 Å². The van der Waals surface area contributed by atoms with Gasteiger partial charge in [-0.3, -0.25) is 14.9 Å². The zero-order valence-electron chi connectivity index (χ0n) is 13.9. The molecule has 0 aromatic heterocycles. The predicted molar refractivity (Wildman–Crippen MR) is 97.2 cm³/mol. The molecule has 0 saturated heterocycles. The number of non-ortho nitro benzene ring substituents is 1. The van der Waals surface area contributed by atoms with Gasteiger partial charge in [-0.25, -0.2) is 0 Å². The van der Waals surface area contributed by atoms with Crippen molar-refractivity contribution >= 4 is 28.4 Å². The molecule has 6 nitrogen and oxygen atoms in total. The number of nitrogens with zero attached hydrogens (tertiary/aromatic N) is 2. The second-order valence-electron chi connectivity index (χ2n) is 6.50. The van der Waals surface area contributed by atoms with Crippen LogP contribution in [0.15, 0.2) is 36.4 Å². The van der Waals surface area contributed by atoms with Gasteiger partial charge in [0.15, 0.2) is 0 Å². The molecule has 26 heavy (non-hydrogen) atoms. The fraction of sp³-hybridized carbons (Fsp3) is 0.200. The molecule has 128 valence electrons. The number of carbonyl (C=O) groups is 1. The van der Waals surface area contributed by atoms with E-state index in [1.165, 1.54) is 6.07 Å². The van der Waals surface area contributed by atoms with Crippen molar-refractivity contribution in [2.45, 2.75) is 25.7 Å². The summed E-state index contributed by atoms with van der Waals surface area (Å²) in [6, 6.07) is 12.8. The molecular formula is C20H15N3O3. The number of amides is 1. The van der Waals surface area contributed by atoms with E-state index in [9.17, 15) is 14.9 Å². The Bertz CT molecular complexity index is 1030. The maximum absolute atomic E-state index is 12.4. The molecule has 0 atom stereocenters. The quantitative estimate of drug-likeness (QED) is 0.675. The smallest absolute Gasteiger partial charge is 0.270 e. The number of nitriles is 1. The van der Waals surface area contributed by atoms with E-state index < -0.39 is 4.92 Å². The molecule has 0 saturated carbocycles. The number of anilines is 1. The highest BCUT2D eigenvalue weighted by Crippen LogP contribution is 2.45. The molecule has 1 heterocycles. The summed E-state index contributed by atoms with van der Waals surface area (Å²) >= 11 is 0. The van der Waals surface area contributed by atoms with E-state index in [4.69, 9.17) is 5.26 Å². The van der Waals surface area contributed by atoms with E-state index in [-0.39, 0.29) is 18.0 Å². The van der Waals surface area contributed by atoms with Gasteiger partial charge in [0, 0.05) is 29.8 Å². The van der Waals surface area contributed by atoms with Crippen molar-refractivity contribution in [2.75, 3.05) is 5.32 Å². The van der Waals surface area contributed by atoms with Crippen LogP contribution in [-0.2, 0) is 17.6 Å². The van der Waals surface area contributed by atoms with Gasteiger partial charge in [-0.05, 0) is 52.8 Å². The Kier molecular flexibility index (Phi) is 3.77. The lowest BCUT2D eigenvalue weighted by atomic mass is 9.95. The van der Waals surface area contributed by atoms with Gasteiger partial charge in [-0.2, -0.15) is 5.26 Å². The summed E-state index contributed by atoms with van der Waals surface area (Å²) in [6.07, 6.45) is 1.93. The Hall–Kier alpha value is -3.46. The number of aryl methyl sites for hydroxylation is 1. The first-order valence-corrected chi connectivity index (χ1v) is 8.36. The molecule has 2 aromatic carbocycles. The fourth-order valence-corrected chi connectivity index (χ4v) is 3.69. The van der Waals surface area contributed by atoms with Crippen LogP contribution in [0.2, 0.25) is 0 Å². The Morgan fingerprint density at radius 2 is 1.92 bits per heavy atom. The van der Waals surface area contributed by atoms with E-state index in [1.807, 2.05) is 18.2 Å². The molecule has 2 aliphatic rings. The third kappa shape index (κ3) is 2.64. The molecule has 0 radical (unpaired) electrons. The van der Waals surface area contributed by atoms with Crippen molar-refractivity contribution in [2.24, 2.45) is 0 Å². The standard InChI is InChI=1S/C20H15N3O3/c21-7-1-2-12-3-6-19-18(8-12)16-9-13-4-5-14(23(25)26)10-15(13)17(16)11-20(24)22-19/h3-6,8,10H,1-2,9,11H2,(H,22,24).